The first-order valence-electron chi connectivity index (χ1n) is 7.40. The third-order valence-corrected chi connectivity index (χ3v) is 4.96. The number of furan rings is 1. The van der Waals surface area contributed by atoms with E-state index < -0.39 is 5.60 Å². The van der Waals surface area contributed by atoms with Crippen molar-refractivity contribution in [3.05, 3.63) is 35.0 Å². The van der Waals surface area contributed by atoms with Gasteiger partial charge < -0.3 is 9.52 Å². The molecule has 1 saturated carbocycles. The molecule has 2 atom stereocenters. The molecule has 2 unspecified atom stereocenters. The Bertz CT molecular complexity index is 616. The Balaban J connectivity index is 1.98. The van der Waals surface area contributed by atoms with Crippen molar-refractivity contribution < 1.29 is 9.52 Å². The van der Waals surface area contributed by atoms with Gasteiger partial charge in [0.25, 0.3) is 0 Å². The molecule has 1 aromatic carbocycles. The molecular formula is C17H21ClO2. The molecule has 0 aliphatic heterocycles. The molecule has 108 valence electrons. The van der Waals surface area contributed by atoms with Crippen molar-refractivity contribution in [2.45, 2.75) is 45.1 Å². The minimum Gasteiger partial charge on any atom is -0.456 e. The maximum atomic E-state index is 11.0. The van der Waals surface area contributed by atoms with Crippen LogP contribution in [-0.2, 0) is 5.60 Å². The summed E-state index contributed by atoms with van der Waals surface area (Å²) in [7, 11) is 0. The molecule has 1 fully saturated rings. The van der Waals surface area contributed by atoms with Crippen molar-refractivity contribution >= 4 is 22.6 Å². The molecule has 2 nitrogen and oxygen atoms in total. The van der Waals surface area contributed by atoms with Crippen LogP contribution in [0.2, 0.25) is 5.02 Å². The van der Waals surface area contributed by atoms with Gasteiger partial charge in [-0.3, -0.25) is 0 Å². The lowest BCUT2D eigenvalue weighted by Gasteiger charge is -2.37. The molecular weight excluding hydrogens is 272 g/mol. The van der Waals surface area contributed by atoms with Gasteiger partial charge in [-0.2, -0.15) is 0 Å². The molecule has 1 aromatic heterocycles. The highest BCUT2D eigenvalue weighted by molar-refractivity contribution is 6.34. The molecule has 3 rings (SSSR count). The number of fused-ring (bicyclic) bond motifs is 1. The molecule has 0 amide bonds. The smallest absolute Gasteiger partial charge is 0.153 e. The Morgan fingerprint density at radius 2 is 2.20 bits per heavy atom. The molecule has 2 aromatic rings. The summed E-state index contributed by atoms with van der Waals surface area (Å²) in [5.74, 6) is 1.82. The molecule has 1 aliphatic carbocycles. The van der Waals surface area contributed by atoms with Gasteiger partial charge >= 0.3 is 0 Å². The topological polar surface area (TPSA) is 33.4 Å². The van der Waals surface area contributed by atoms with Gasteiger partial charge in [-0.25, -0.2) is 0 Å². The molecule has 1 N–H and O–H groups in total. The van der Waals surface area contributed by atoms with Crippen molar-refractivity contribution in [2.24, 2.45) is 11.8 Å². The van der Waals surface area contributed by atoms with Crippen molar-refractivity contribution in [3.63, 3.8) is 0 Å². The van der Waals surface area contributed by atoms with E-state index in [4.69, 9.17) is 16.0 Å². The van der Waals surface area contributed by atoms with Gasteiger partial charge in [0, 0.05) is 5.39 Å². The first-order chi connectivity index (χ1) is 9.49. The molecule has 0 bridgehead atoms. The number of halogens is 1. The van der Waals surface area contributed by atoms with Crippen LogP contribution < -0.4 is 0 Å². The minimum atomic E-state index is -0.838. The highest BCUT2D eigenvalue weighted by atomic mass is 35.5. The molecule has 3 heteroatoms. The van der Waals surface area contributed by atoms with E-state index in [1.165, 1.54) is 6.42 Å². The van der Waals surface area contributed by atoms with Gasteiger partial charge in [0.2, 0.25) is 0 Å². The second-order valence-electron chi connectivity index (χ2n) is 6.40. The van der Waals surface area contributed by atoms with Crippen molar-refractivity contribution in [1.29, 1.82) is 0 Å². The van der Waals surface area contributed by atoms with Crippen LogP contribution in [0.3, 0.4) is 0 Å². The molecule has 0 saturated heterocycles. The summed E-state index contributed by atoms with van der Waals surface area (Å²) in [5, 5.41) is 12.6. The zero-order chi connectivity index (χ0) is 14.3. The van der Waals surface area contributed by atoms with Gasteiger partial charge in [-0.1, -0.05) is 37.6 Å². The average molecular weight is 293 g/mol. The Kier molecular flexibility index (Phi) is 3.55. The number of hydrogen-bond acceptors (Lipinski definition) is 2. The fourth-order valence-corrected chi connectivity index (χ4v) is 3.56. The van der Waals surface area contributed by atoms with Crippen molar-refractivity contribution in [1.82, 2.24) is 0 Å². The zero-order valence-corrected chi connectivity index (χ0v) is 12.8. The summed E-state index contributed by atoms with van der Waals surface area (Å²) in [6.07, 6.45) is 3.79. The predicted octanol–water partition coefficient (Wildman–Crippen LogP) is 5.12. The minimum absolute atomic E-state index is 0.553. The van der Waals surface area contributed by atoms with Gasteiger partial charge in [0.15, 0.2) is 5.58 Å². The summed E-state index contributed by atoms with van der Waals surface area (Å²) in [5.41, 5.74) is -0.153. The van der Waals surface area contributed by atoms with Gasteiger partial charge in [0.1, 0.15) is 11.4 Å². The maximum Gasteiger partial charge on any atom is 0.153 e. The van der Waals surface area contributed by atoms with Crippen LogP contribution in [-0.4, -0.2) is 5.11 Å². The second kappa shape index (κ2) is 5.09. The highest BCUT2D eigenvalue weighted by Crippen LogP contribution is 2.44. The van der Waals surface area contributed by atoms with Crippen LogP contribution in [0, 0.1) is 11.8 Å². The Hall–Kier alpha value is -0.990. The third kappa shape index (κ3) is 2.36. The highest BCUT2D eigenvalue weighted by Gasteiger charge is 2.39. The van der Waals surface area contributed by atoms with E-state index in [-0.39, 0.29) is 0 Å². The van der Waals surface area contributed by atoms with Crippen LogP contribution >= 0.6 is 11.6 Å². The van der Waals surface area contributed by atoms with Crippen LogP contribution in [0.5, 0.6) is 0 Å². The van der Waals surface area contributed by atoms with Gasteiger partial charge in [-0.05, 0) is 49.7 Å². The summed E-state index contributed by atoms with van der Waals surface area (Å²) >= 11 is 6.16. The van der Waals surface area contributed by atoms with E-state index in [1.807, 2.05) is 24.3 Å². The van der Waals surface area contributed by atoms with Crippen molar-refractivity contribution in [3.8, 4) is 0 Å². The van der Waals surface area contributed by atoms with E-state index in [0.717, 1.165) is 24.6 Å². The number of aliphatic hydroxyl groups is 1. The first kappa shape index (κ1) is 14.0. The Morgan fingerprint density at radius 3 is 2.90 bits per heavy atom. The maximum absolute atomic E-state index is 11.0. The summed E-state index contributed by atoms with van der Waals surface area (Å²) in [4.78, 5) is 0. The normalized spacial score (nSPS) is 27.4. The van der Waals surface area contributed by atoms with Crippen molar-refractivity contribution in [2.75, 3.05) is 0 Å². The van der Waals surface area contributed by atoms with Crippen LogP contribution in [0.15, 0.2) is 28.7 Å². The lowest BCUT2D eigenvalue weighted by atomic mass is 9.72. The quantitative estimate of drug-likeness (QED) is 0.833. The standard InChI is InChI=1S/C17H21ClO2/c1-11(2)13-6-4-8-17(19,10-13)15-9-12-5-3-7-14(18)16(12)20-15/h3,5,7,9,11,13,19H,4,6,8,10H2,1-2H3. The zero-order valence-electron chi connectivity index (χ0n) is 12.0. The lowest BCUT2D eigenvalue weighted by Crippen LogP contribution is -2.34. The first-order valence-corrected chi connectivity index (χ1v) is 7.78. The summed E-state index contributed by atoms with van der Waals surface area (Å²) < 4.78 is 5.89. The summed E-state index contributed by atoms with van der Waals surface area (Å²) in [6.45, 7) is 4.46. The monoisotopic (exact) mass is 292 g/mol. The Labute approximate surface area is 124 Å². The molecule has 0 radical (unpaired) electrons. The van der Waals surface area contributed by atoms with E-state index in [1.54, 1.807) is 0 Å². The van der Waals surface area contributed by atoms with E-state index >= 15 is 0 Å². The fraction of sp³-hybridized carbons (Fsp3) is 0.529. The second-order valence-corrected chi connectivity index (χ2v) is 6.81. The fourth-order valence-electron chi connectivity index (χ4n) is 3.34. The number of rotatable bonds is 2. The Morgan fingerprint density at radius 1 is 1.40 bits per heavy atom. The van der Waals surface area contributed by atoms with E-state index in [2.05, 4.69) is 13.8 Å². The van der Waals surface area contributed by atoms with Crippen LogP contribution in [0.25, 0.3) is 11.0 Å². The number of benzene rings is 1. The van der Waals surface area contributed by atoms with Gasteiger partial charge in [-0.15, -0.1) is 0 Å². The lowest BCUT2D eigenvalue weighted by molar-refractivity contribution is -0.0449. The average Bonchev–Trinajstić information content (AvgIpc) is 2.85. The third-order valence-electron chi connectivity index (χ3n) is 4.66. The molecule has 1 heterocycles. The van der Waals surface area contributed by atoms with E-state index in [9.17, 15) is 5.11 Å². The SMILES string of the molecule is CC(C)C1CCCC(O)(c2cc3cccc(Cl)c3o2)C1. The number of hydrogen-bond donors (Lipinski definition) is 1. The van der Waals surface area contributed by atoms with Crippen LogP contribution in [0.1, 0.15) is 45.3 Å². The predicted molar refractivity (Wildman–Crippen MR) is 81.9 cm³/mol. The molecule has 20 heavy (non-hydrogen) atoms. The number of para-hydroxylation sites is 1. The van der Waals surface area contributed by atoms with Crippen LogP contribution in [0.4, 0.5) is 0 Å². The largest absolute Gasteiger partial charge is 0.456 e. The molecule has 0 spiro atoms. The molecule has 1 aliphatic rings. The summed E-state index contributed by atoms with van der Waals surface area (Å²) in [6, 6.07) is 7.65. The van der Waals surface area contributed by atoms with Gasteiger partial charge in [0.05, 0.1) is 5.02 Å². The van der Waals surface area contributed by atoms with E-state index in [0.29, 0.717) is 28.2 Å².